The summed E-state index contributed by atoms with van der Waals surface area (Å²) in [5, 5.41) is 17.0. The van der Waals surface area contributed by atoms with E-state index in [9.17, 15) is 8.78 Å². The average Bonchev–Trinajstić information content (AvgIpc) is 3.00. The van der Waals surface area contributed by atoms with Crippen molar-refractivity contribution in [1.29, 1.82) is 0 Å². The highest BCUT2D eigenvalue weighted by molar-refractivity contribution is 5.40. The molecule has 3 rings (SSSR count). The van der Waals surface area contributed by atoms with Crippen molar-refractivity contribution in [1.82, 2.24) is 10.2 Å². The predicted octanol–water partition coefficient (Wildman–Crippen LogP) is 2.76. The number of aliphatic hydroxyl groups is 1. The SMILES string of the molecule is OCCC1CCN(c2ccc(Oc3ccc(F)cc3F)nn2)C1. The first-order valence-corrected chi connectivity index (χ1v) is 7.48. The smallest absolute Gasteiger partial charge is 0.239 e. The highest BCUT2D eigenvalue weighted by Gasteiger charge is 2.23. The van der Waals surface area contributed by atoms with E-state index in [4.69, 9.17) is 9.84 Å². The van der Waals surface area contributed by atoms with E-state index in [0.29, 0.717) is 5.92 Å². The number of ether oxygens (including phenoxy) is 1. The number of benzene rings is 1. The fourth-order valence-corrected chi connectivity index (χ4v) is 2.67. The minimum atomic E-state index is -0.790. The molecule has 1 saturated heterocycles. The lowest BCUT2D eigenvalue weighted by molar-refractivity contribution is 0.263. The van der Waals surface area contributed by atoms with Crippen LogP contribution in [0.4, 0.5) is 14.6 Å². The third kappa shape index (κ3) is 3.73. The second kappa shape index (κ2) is 6.87. The summed E-state index contributed by atoms with van der Waals surface area (Å²) in [6.07, 6.45) is 1.80. The first-order valence-electron chi connectivity index (χ1n) is 7.48. The molecule has 1 atom stereocenters. The molecule has 0 saturated carbocycles. The fourth-order valence-electron chi connectivity index (χ4n) is 2.67. The van der Waals surface area contributed by atoms with Crippen molar-refractivity contribution < 1.29 is 18.6 Å². The highest BCUT2D eigenvalue weighted by atomic mass is 19.1. The molecule has 122 valence electrons. The van der Waals surface area contributed by atoms with Crippen molar-refractivity contribution in [2.24, 2.45) is 5.92 Å². The normalized spacial score (nSPS) is 17.5. The number of halogens is 2. The van der Waals surface area contributed by atoms with Gasteiger partial charge in [-0.05, 0) is 37.0 Å². The Kier molecular flexibility index (Phi) is 4.66. The molecule has 23 heavy (non-hydrogen) atoms. The maximum Gasteiger partial charge on any atom is 0.239 e. The van der Waals surface area contributed by atoms with E-state index in [2.05, 4.69) is 15.1 Å². The van der Waals surface area contributed by atoms with Crippen molar-refractivity contribution in [2.75, 3.05) is 24.6 Å². The number of hydrogen-bond donors (Lipinski definition) is 1. The Morgan fingerprint density at radius 3 is 2.78 bits per heavy atom. The highest BCUT2D eigenvalue weighted by Crippen LogP contribution is 2.26. The van der Waals surface area contributed by atoms with Gasteiger partial charge in [0.05, 0.1) is 0 Å². The zero-order valence-corrected chi connectivity index (χ0v) is 12.5. The second-order valence-electron chi connectivity index (χ2n) is 5.52. The molecule has 1 aliphatic heterocycles. The third-order valence-electron chi connectivity index (χ3n) is 3.88. The van der Waals surface area contributed by atoms with Crippen LogP contribution < -0.4 is 9.64 Å². The van der Waals surface area contributed by atoms with Crippen molar-refractivity contribution in [2.45, 2.75) is 12.8 Å². The Hall–Kier alpha value is -2.28. The van der Waals surface area contributed by atoms with Gasteiger partial charge in [0.25, 0.3) is 0 Å². The maximum absolute atomic E-state index is 13.5. The molecule has 0 spiro atoms. The zero-order valence-electron chi connectivity index (χ0n) is 12.5. The Bertz CT molecular complexity index is 667. The van der Waals surface area contributed by atoms with Gasteiger partial charge >= 0.3 is 0 Å². The summed E-state index contributed by atoms with van der Waals surface area (Å²) in [6.45, 7) is 1.90. The molecule has 5 nitrogen and oxygen atoms in total. The molecule has 0 amide bonds. The Morgan fingerprint density at radius 1 is 1.22 bits per heavy atom. The van der Waals surface area contributed by atoms with Crippen LogP contribution in [-0.2, 0) is 0 Å². The van der Waals surface area contributed by atoms with Crippen molar-refractivity contribution in [3.8, 4) is 11.6 Å². The van der Waals surface area contributed by atoms with Crippen molar-refractivity contribution >= 4 is 5.82 Å². The summed E-state index contributed by atoms with van der Waals surface area (Å²) in [7, 11) is 0. The van der Waals surface area contributed by atoms with Crippen LogP contribution in [-0.4, -0.2) is 35.0 Å². The number of rotatable bonds is 5. The minimum Gasteiger partial charge on any atom is -0.434 e. The quantitative estimate of drug-likeness (QED) is 0.917. The Morgan fingerprint density at radius 2 is 2.09 bits per heavy atom. The van der Waals surface area contributed by atoms with Crippen molar-refractivity contribution in [3.05, 3.63) is 42.0 Å². The first-order chi connectivity index (χ1) is 11.2. The van der Waals surface area contributed by atoms with Crippen LogP contribution >= 0.6 is 0 Å². The summed E-state index contributed by atoms with van der Waals surface area (Å²) in [5.74, 6) is -0.226. The van der Waals surface area contributed by atoms with E-state index in [1.54, 1.807) is 12.1 Å². The summed E-state index contributed by atoms with van der Waals surface area (Å²) >= 11 is 0. The van der Waals surface area contributed by atoms with Crippen LogP contribution in [0, 0.1) is 17.6 Å². The predicted molar refractivity (Wildman–Crippen MR) is 80.5 cm³/mol. The lowest BCUT2D eigenvalue weighted by Crippen LogP contribution is -2.21. The molecule has 1 unspecified atom stereocenters. The molecule has 1 aromatic carbocycles. The summed E-state index contributed by atoms with van der Waals surface area (Å²) in [4.78, 5) is 2.09. The van der Waals surface area contributed by atoms with Crippen LogP contribution in [0.2, 0.25) is 0 Å². The van der Waals surface area contributed by atoms with Crippen LogP contribution in [0.5, 0.6) is 11.6 Å². The van der Waals surface area contributed by atoms with E-state index in [1.807, 2.05) is 0 Å². The van der Waals surface area contributed by atoms with Gasteiger partial charge in [0.2, 0.25) is 5.88 Å². The van der Waals surface area contributed by atoms with Crippen LogP contribution in [0.3, 0.4) is 0 Å². The van der Waals surface area contributed by atoms with Gasteiger partial charge in [0, 0.05) is 31.8 Å². The van der Waals surface area contributed by atoms with E-state index in [0.717, 1.165) is 43.9 Å². The lowest BCUT2D eigenvalue weighted by Gasteiger charge is -2.16. The number of aromatic nitrogens is 2. The van der Waals surface area contributed by atoms with Gasteiger partial charge in [0.1, 0.15) is 5.82 Å². The fraction of sp³-hybridized carbons (Fsp3) is 0.375. The van der Waals surface area contributed by atoms with Gasteiger partial charge in [-0.3, -0.25) is 0 Å². The standard InChI is InChI=1S/C16H17F2N3O2/c17-12-1-2-14(13(18)9-12)23-16-4-3-15(19-20-16)21-7-5-11(10-21)6-8-22/h1-4,9,11,22H,5-8,10H2. The average molecular weight is 321 g/mol. The first kappa shape index (κ1) is 15.6. The summed E-state index contributed by atoms with van der Waals surface area (Å²) < 4.78 is 31.7. The maximum atomic E-state index is 13.5. The van der Waals surface area contributed by atoms with Gasteiger partial charge < -0.3 is 14.7 Å². The number of nitrogens with zero attached hydrogens (tertiary/aromatic N) is 3. The van der Waals surface area contributed by atoms with Crippen LogP contribution in [0.1, 0.15) is 12.8 Å². The molecule has 0 bridgehead atoms. The minimum absolute atomic E-state index is 0.0994. The molecular weight excluding hydrogens is 304 g/mol. The number of anilines is 1. The molecule has 1 fully saturated rings. The van der Waals surface area contributed by atoms with Crippen molar-refractivity contribution in [3.63, 3.8) is 0 Å². The molecule has 0 radical (unpaired) electrons. The Labute approximate surface area is 132 Å². The van der Waals surface area contributed by atoms with Crippen LogP contribution in [0.25, 0.3) is 0 Å². The lowest BCUT2D eigenvalue weighted by atomic mass is 10.1. The van der Waals surface area contributed by atoms with Gasteiger partial charge in [-0.1, -0.05) is 0 Å². The van der Waals surface area contributed by atoms with E-state index >= 15 is 0 Å². The van der Waals surface area contributed by atoms with Crippen LogP contribution in [0.15, 0.2) is 30.3 Å². The zero-order chi connectivity index (χ0) is 16.2. The van der Waals surface area contributed by atoms with Gasteiger partial charge in [-0.25, -0.2) is 8.78 Å². The Balaban J connectivity index is 1.65. The van der Waals surface area contributed by atoms with E-state index in [-0.39, 0.29) is 18.2 Å². The largest absolute Gasteiger partial charge is 0.434 e. The van der Waals surface area contributed by atoms with Gasteiger partial charge in [-0.2, -0.15) is 0 Å². The van der Waals surface area contributed by atoms with Gasteiger partial charge in [0.15, 0.2) is 17.4 Å². The monoisotopic (exact) mass is 321 g/mol. The van der Waals surface area contributed by atoms with Gasteiger partial charge in [-0.15, -0.1) is 10.2 Å². The number of aliphatic hydroxyl groups excluding tert-OH is 1. The number of hydrogen-bond acceptors (Lipinski definition) is 5. The summed E-state index contributed by atoms with van der Waals surface area (Å²) in [6, 6.07) is 6.43. The van der Waals surface area contributed by atoms with E-state index in [1.165, 1.54) is 6.07 Å². The summed E-state index contributed by atoms with van der Waals surface area (Å²) in [5.41, 5.74) is 0. The molecule has 2 aromatic rings. The molecule has 2 heterocycles. The van der Waals surface area contributed by atoms with E-state index < -0.39 is 11.6 Å². The molecule has 0 aliphatic carbocycles. The molecule has 1 aromatic heterocycles. The molecular formula is C16H17F2N3O2. The molecule has 7 heteroatoms. The topological polar surface area (TPSA) is 58.5 Å². The second-order valence-corrected chi connectivity index (χ2v) is 5.52. The molecule has 1 aliphatic rings. The third-order valence-corrected chi connectivity index (χ3v) is 3.88. The molecule has 1 N–H and O–H groups in total.